The van der Waals surface area contributed by atoms with Crippen LogP contribution in [0.5, 0.6) is 0 Å². The second kappa shape index (κ2) is 7.95. The quantitative estimate of drug-likeness (QED) is 0.706. The molecule has 0 spiro atoms. The fourth-order valence-corrected chi connectivity index (χ4v) is 2.61. The minimum absolute atomic E-state index is 0. The highest BCUT2D eigenvalue weighted by molar-refractivity contribution is 5.85. The lowest BCUT2D eigenvalue weighted by Crippen LogP contribution is -2.17. The summed E-state index contributed by atoms with van der Waals surface area (Å²) in [5.74, 6) is -0.183. The first kappa shape index (κ1) is 17.3. The van der Waals surface area contributed by atoms with Crippen molar-refractivity contribution in [1.29, 1.82) is 0 Å². The Labute approximate surface area is 142 Å². The molecule has 0 fully saturated rings. The van der Waals surface area contributed by atoms with Crippen LogP contribution in [0, 0.1) is 5.82 Å². The molecule has 3 rings (SSSR count). The van der Waals surface area contributed by atoms with Crippen molar-refractivity contribution in [3.63, 3.8) is 0 Å². The van der Waals surface area contributed by atoms with Crippen molar-refractivity contribution < 1.29 is 4.39 Å². The summed E-state index contributed by atoms with van der Waals surface area (Å²) in [6.07, 6.45) is 5.79. The van der Waals surface area contributed by atoms with Crippen molar-refractivity contribution in [3.05, 3.63) is 77.7 Å². The third-order valence-corrected chi connectivity index (χ3v) is 3.73. The molecule has 1 heterocycles. The fourth-order valence-electron chi connectivity index (χ4n) is 2.61. The molecule has 0 unspecified atom stereocenters. The fraction of sp³-hybridized carbons (Fsp3) is 0.158. The Morgan fingerprint density at radius 3 is 2.74 bits per heavy atom. The third-order valence-electron chi connectivity index (χ3n) is 3.73. The summed E-state index contributed by atoms with van der Waals surface area (Å²) in [5, 5.41) is 1.23. The first-order valence-corrected chi connectivity index (χ1v) is 7.38. The van der Waals surface area contributed by atoms with E-state index in [9.17, 15) is 4.39 Å². The number of likely N-dealkylation sites (N-methyl/N-ethyl adjacent to an activating group) is 1. The summed E-state index contributed by atoms with van der Waals surface area (Å²) in [7, 11) is 2.06. The molecule has 0 aliphatic rings. The van der Waals surface area contributed by atoms with E-state index < -0.39 is 0 Å². The van der Waals surface area contributed by atoms with Gasteiger partial charge in [-0.2, -0.15) is 0 Å². The zero-order valence-corrected chi connectivity index (χ0v) is 13.8. The van der Waals surface area contributed by atoms with Gasteiger partial charge in [0.2, 0.25) is 0 Å². The van der Waals surface area contributed by atoms with Gasteiger partial charge in [-0.3, -0.25) is 4.90 Å². The molecule has 0 aliphatic carbocycles. The lowest BCUT2D eigenvalue weighted by Gasteiger charge is -2.15. The molecular weight excluding hydrogens is 311 g/mol. The number of H-pyrrole nitrogens is 1. The summed E-state index contributed by atoms with van der Waals surface area (Å²) in [6.45, 7) is 1.62. The maximum Gasteiger partial charge on any atom is 0.130 e. The summed E-state index contributed by atoms with van der Waals surface area (Å²) in [4.78, 5) is 5.49. The molecule has 0 amide bonds. The van der Waals surface area contributed by atoms with Gasteiger partial charge < -0.3 is 4.98 Å². The minimum atomic E-state index is -0.183. The van der Waals surface area contributed by atoms with E-state index >= 15 is 0 Å². The molecular formula is C19H20ClFN2. The number of aromatic nitrogens is 1. The number of benzene rings is 2. The number of nitrogens with one attached hydrogen (secondary N) is 1. The van der Waals surface area contributed by atoms with Gasteiger partial charge in [-0.1, -0.05) is 48.6 Å². The average Bonchev–Trinajstić information content (AvgIpc) is 2.99. The number of nitrogens with zero attached hydrogens (tertiary/aromatic N) is 1. The number of para-hydroxylation sites is 1. The van der Waals surface area contributed by atoms with Gasteiger partial charge in [0.1, 0.15) is 5.82 Å². The van der Waals surface area contributed by atoms with Crippen molar-refractivity contribution in [1.82, 2.24) is 9.88 Å². The Kier molecular flexibility index (Phi) is 5.97. The lowest BCUT2D eigenvalue weighted by molar-refractivity contribution is 0.365. The molecule has 2 nitrogen and oxygen atoms in total. The van der Waals surface area contributed by atoms with E-state index in [2.05, 4.69) is 41.2 Å². The summed E-state index contributed by atoms with van der Waals surface area (Å²) < 4.78 is 13.5. The van der Waals surface area contributed by atoms with Gasteiger partial charge >= 0.3 is 0 Å². The molecule has 23 heavy (non-hydrogen) atoms. The Morgan fingerprint density at radius 2 is 1.91 bits per heavy atom. The topological polar surface area (TPSA) is 19.0 Å². The monoisotopic (exact) mass is 330 g/mol. The van der Waals surface area contributed by atoms with Crippen LogP contribution in [0.2, 0.25) is 0 Å². The van der Waals surface area contributed by atoms with E-state index in [4.69, 9.17) is 0 Å². The van der Waals surface area contributed by atoms with E-state index in [1.807, 2.05) is 24.4 Å². The van der Waals surface area contributed by atoms with Gasteiger partial charge in [0.25, 0.3) is 0 Å². The number of halogens is 2. The van der Waals surface area contributed by atoms with Crippen molar-refractivity contribution in [2.24, 2.45) is 0 Å². The van der Waals surface area contributed by atoms with Crippen molar-refractivity contribution in [2.75, 3.05) is 13.6 Å². The van der Waals surface area contributed by atoms with Gasteiger partial charge in [-0.15, -0.1) is 12.4 Å². The molecule has 0 bridgehead atoms. The van der Waals surface area contributed by atoms with Crippen LogP contribution in [-0.2, 0) is 6.54 Å². The largest absolute Gasteiger partial charge is 0.361 e. The van der Waals surface area contributed by atoms with Gasteiger partial charge in [0.05, 0.1) is 0 Å². The predicted molar refractivity (Wildman–Crippen MR) is 97.3 cm³/mol. The Hall–Kier alpha value is -2.10. The van der Waals surface area contributed by atoms with Crippen molar-refractivity contribution in [3.8, 4) is 0 Å². The number of rotatable bonds is 5. The highest BCUT2D eigenvalue weighted by atomic mass is 35.5. The van der Waals surface area contributed by atoms with Gasteiger partial charge in [0, 0.05) is 30.4 Å². The van der Waals surface area contributed by atoms with E-state index in [0.717, 1.165) is 13.1 Å². The Morgan fingerprint density at radius 1 is 1.09 bits per heavy atom. The van der Waals surface area contributed by atoms with Gasteiger partial charge in [0.15, 0.2) is 0 Å². The molecule has 1 aromatic heterocycles. The highest BCUT2D eigenvalue weighted by Crippen LogP contribution is 2.18. The van der Waals surface area contributed by atoms with Gasteiger partial charge in [-0.25, -0.2) is 4.39 Å². The third kappa shape index (κ3) is 4.21. The predicted octanol–water partition coefficient (Wildman–Crippen LogP) is 4.87. The van der Waals surface area contributed by atoms with E-state index in [1.54, 1.807) is 12.1 Å². The van der Waals surface area contributed by atoms with Crippen molar-refractivity contribution in [2.45, 2.75) is 6.54 Å². The number of hydrogen-bond acceptors (Lipinski definition) is 1. The van der Waals surface area contributed by atoms with Crippen molar-refractivity contribution >= 4 is 29.4 Å². The number of fused-ring (bicyclic) bond motifs is 1. The smallest absolute Gasteiger partial charge is 0.130 e. The highest BCUT2D eigenvalue weighted by Gasteiger charge is 2.04. The Bertz CT molecular complexity index is 795. The van der Waals surface area contributed by atoms with Crippen LogP contribution in [0.1, 0.15) is 11.1 Å². The van der Waals surface area contributed by atoms with Crippen LogP contribution in [0.25, 0.3) is 17.0 Å². The molecule has 0 radical (unpaired) electrons. The number of hydrogen-bond donors (Lipinski definition) is 1. The molecule has 0 saturated heterocycles. The van der Waals surface area contributed by atoms with Crippen LogP contribution in [-0.4, -0.2) is 23.5 Å². The molecule has 0 aliphatic heterocycles. The summed E-state index contributed by atoms with van der Waals surface area (Å²) >= 11 is 0. The Balaban J connectivity index is 0.00000192. The van der Waals surface area contributed by atoms with Crippen LogP contribution in [0.4, 0.5) is 4.39 Å². The second-order valence-corrected chi connectivity index (χ2v) is 5.48. The zero-order chi connectivity index (χ0) is 15.4. The molecule has 1 N–H and O–H groups in total. The minimum Gasteiger partial charge on any atom is -0.361 e. The second-order valence-electron chi connectivity index (χ2n) is 5.48. The first-order valence-electron chi connectivity index (χ1n) is 7.38. The average molecular weight is 331 g/mol. The molecule has 0 atom stereocenters. The molecule has 2 aromatic carbocycles. The van der Waals surface area contributed by atoms with Crippen LogP contribution in [0.15, 0.2) is 60.8 Å². The first-order chi connectivity index (χ1) is 10.7. The summed E-state index contributed by atoms with van der Waals surface area (Å²) in [5.41, 5.74) is 3.08. The van der Waals surface area contributed by atoms with Gasteiger partial charge in [-0.05, 0) is 30.1 Å². The molecule has 4 heteroatoms. The lowest BCUT2D eigenvalue weighted by atomic mass is 10.1. The van der Waals surface area contributed by atoms with E-state index in [1.165, 1.54) is 22.5 Å². The summed E-state index contributed by atoms with van der Waals surface area (Å²) in [6, 6.07) is 15.2. The molecule has 0 saturated carbocycles. The normalized spacial score (nSPS) is 11.3. The molecule has 3 aromatic rings. The molecule has 120 valence electrons. The zero-order valence-electron chi connectivity index (χ0n) is 13.0. The maximum absolute atomic E-state index is 13.5. The SMILES string of the molecule is CN(C/C=C/c1ccccc1F)Cc1cccc2cc[nH]c12.Cl. The number of aromatic amines is 1. The van der Waals surface area contributed by atoms with Crippen LogP contribution < -0.4 is 0 Å². The van der Waals surface area contributed by atoms with E-state index in [-0.39, 0.29) is 18.2 Å². The van der Waals surface area contributed by atoms with E-state index in [0.29, 0.717) is 5.56 Å². The maximum atomic E-state index is 13.5. The van der Waals surface area contributed by atoms with Crippen LogP contribution in [0.3, 0.4) is 0 Å². The van der Waals surface area contributed by atoms with Crippen LogP contribution >= 0.6 is 12.4 Å². The standard InChI is InChI=1S/C19H19FN2.ClH/c1-22(13-5-9-15-6-2-3-10-18(15)20)14-17-8-4-7-16-11-12-21-19(16)17;/h2-12,21H,13-14H2,1H3;1H/b9-5+;.